The number of carbonyl (C=O) groups is 2. The molecule has 2 amide bonds. The van der Waals surface area contributed by atoms with E-state index in [4.69, 9.17) is 4.74 Å². The summed E-state index contributed by atoms with van der Waals surface area (Å²) in [7, 11) is 0. The van der Waals surface area contributed by atoms with Crippen LogP contribution in [0.2, 0.25) is 0 Å². The van der Waals surface area contributed by atoms with Crippen LogP contribution in [-0.4, -0.2) is 23.3 Å². The Kier molecular flexibility index (Phi) is 6.03. The fourth-order valence-electron chi connectivity index (χ4n) is 3.44. The number of nitrogens with zero attached hydrogens (tertiary/aromatic N) is 2. The molecule has 0 radical (unpaired) electrons. The normalized spacial score (nSPS) is 15.3. The summed E-state index contributed by atoms with van der Waals surface area (Å²) < 4.78 is 5.94. The number of benzene rings is 2. The number of amides is 2. The van der Waals surface area contributed by atoms with Crippen LogP contribution >= 0.6 is 0 Å². The highest BCUT2D eigenvalue weighted by Crippen LogP contribution is 2.37. The van der Waals surface area contributed by atoms with Gasteiger partial charge in [-0.1, -0.05) is 60.7 Å². The number of hydrogen-bond acceptors (Lipinski definition) is 4. The van der Waals surface area contributed by atoms with Crippen LogP contribution in [0, 0.1) is 0 Å². The zero-order chi connectivity index (χ0) is 20.8. The molecule has 0 aliphatic carbocycles. The molecule has 2 heterocycles. The highest BCUT2D eigenvalue weighted by Gasteiger charge is 2.36. The van der Waals surface area contributed by atoms with Gasteiger partial charge in [-0.15, -0.1) is 0 Å². The summed E-state index contributed by atoms with van der Waals surface area (Å²) in [6.07, 6.45) is 1.78. The molecule has 0 spiro atoms. The molecule has 0 unspecified atom stereocenters. The van der Waals surface area contributed by atoms with Crippen molar-refractivity contribution in [2.24, 2.45) is 0 Å². The summed E-state index contributed by atoms with van der Waals surface area (Å²) in [6.45, 7) is 0.894. The lowest BCUT2D eigenvalue weighted by Crippen LogP contribution is -2.42. The molecule has 1 aliphatic rings. The average molecular weight is 401 g/mol. The maximum absolute atomic E-state index is 13.1. The van der Waals surface area contributed by atoms with Gasteiger partial charge in [-0.3, -0.25) is 14.5 Å². The zero-order valence-corrected chi connectivity index (χ0v) is 16.5. The third-order valence-electron chi connectivity index (χ3n) is 4.96. The molecule has 3 aromatic rings. The predicted molar refractivity (Wildman–Crippen MR) is 114 cm³/mol. The third-order valence-corrected chi connectivity index (χ3v) is 4.96. The molecule has 0 bridgehead atoms. The Morgan fingerprint density at radius 3 is 2.50 bits per heavy atom. The van der Waals surface area contributed by atoms with Gasteiger partial charge in [-0.2, -0.15) is 0 Å². The number of nitrogens with one attached hydrogen (secondary N) is 1. The molecule has 6 heteroatoms. The van der Waals surface area contributed by atoms with Gasteiger partial charge in [0.2, 0.25) is 12.0 Å². The monoisotopic (exact) mass is 401 g/mol. The van der Waals surface area contributed by atoms with Crippen LogP contribution in [0.1, 0.15) is 30.1 Å². The molecule has 1 aromatic heterocycles. The molecule has 30 heavy (non-hydrogen) atoms. The Bertz CT molecular complexity index is 1010. The topological polar surface area (TPSA) is 71.5 Å². The van der Waals surface area contributed by atoms with Crippen LogP contribution in [-0.2, 0) is 16.1 Å². The summed E-state index contributed by atoms with van der Waals surface area (Å²) in [5, 5.41) is 2.92. The van der Waals surface area contributed by atoms with E-state index in [1.165, 1.54) is 0 Å². The first-order chi connectivity index (χ1) is 14.7. The van der Waals surface area contributed by atoms with E-state index in [1.807, 2.05) is 66.7 Å². The smallest absolute Gasteiger partial charge is 0.274 e. The van der Waals surface area contributed by atoms with E-state index in [2.05, 4.69) is 10.3 Å². The van der Waals surface area contributed by atoms with Gasteiger partial charge in [0.1, 0.15) is 0 Å². The van der Waals surface area contributed by atoms with Crippen LogP contribution in [0.3, 0.4) is 0 Å². The van der Waals surface area contributed by atoms with E-state index in [0.717, 1.165) is 11.1 Å². The molecular weight excluding hydrogens is 378 g/mol. The summed E-state index contributed by atoms with van der Waals surface area (Å²) in [5.41, 5.74) is 1.85. The Hall–Kier alpha value is -3.67. The number of aromatic nitrogens is 1. The molecule has 2 aromatic carbocycles. The Balaban J connectivity index is 1.39. The number of fused-ring (bicyclic) bond motifs is 1. The molecule has 1 atom stereocenters. The van der Waals surface area contributed by atoms with Crippen molar-refractivity contribution in [3.8, 4) is 5.75 Å². The molecule has 6 nitrogen and oxygen atoms in total. The molecule has 4 rings (SSSR count). The van der Waals surface area contributed by atoms with Crippen molar-refractivity contribution in [3.05, 3.63) is 90.1 Å². The summed E-state index contributed by atoms with van der Waals surface area (Å²) in [4.78, 5) is 31.3. The van der Waals surface area contributed by atoms with E-state index >= 15 is 0 Å². The number of hydrogen-bond donors (Lipinski definition) is 1. The van der Waals surface area contributed by atoms with Crippen LogP contribution in [0.4, 0.5) is 5.82 Å². The summed E-state index contributed by atoms with van der Waals surface area (Å²) in [5.74, 6) is 0.858. The first-order valence-electron chi connectivity index (χ1n) is 10.0. The lowest BCUT2D eigenvalue weighted by Gasteiger charge is -2.33. The Labute approximate surface area is 175 Å². The van der Waals surface area contributed by atoms with Gasteiger partial charge in [0.05, 0.1) is 0 Å². The largest absolute Gasteiger partial charge is 0.472 e. The second kappa shape index (κ2) is 9.22. The molecule has 0 saturated carbocycles. The molecule has 0 saturated heterocycles. The van der Waals surface area contributed by atoms with E-state index in [0.29, 0.717) is 37.5 Å². The molecule has 152 valence electrons. The highest BCUT2D eigenvalue weighted by atomic mass is 16.5. The SMILES string of the molecule is O=C(CCCN1C(=O)[C@H](c2ccccc2)Oc2cccnc21)NCc1ccccc1. The fraction of sp³-hybridized carbons (Fsp3) is 0.208. The van der Waals surface area contributed by atoms with Crippen LogP contribution < -0.4 is 15.0 Å². The summed E-state index contributed by atoms with van der Waals surface area (Å²) in [6, 6.07) is 22.8. The van der Waals surface area contributed by atoms with Crippen molar-refractivity contribution in [2.75, 3.05) is 11.4 Å². The van der Waals surface area contributed by atoms with Gasteiger partial charge in [0.25, 0.3) is 5.91 Å². The Morgan fingerprint density at radius 1 is 1.00 bits per heavy atom. The number of rotatable bonds is 7. The number of carbonyl (C=O) groups excluding carboxylic acids is 2. The second-order valence-corrected chi connectivity index (χ2v) is 7.09. The van der Waals surface area contributed by atoms with Crippen LogP contribution in [0.5, 0.6) is 5.75 Å². The predicted octanol–water partition coefficient (Wildman–Crippen LogP) is 3.64. The van der Waals surface area contributed by atoms with Crippen molar-refractivity contribution in [1.82, 2.24) is 10.3 Å². The minimum Gasteiger partial charge on any atom is -0.472 e. The maximum Gasteiger partial charge on any atom is 0.274 e. The summed E-state index contributed by atoms with van der Waals surface area (Å²) >= 11 is 0. The third kappa shape index (κ3) is 4.49. The molecule has 1 N–H and O–H groups in total. The van der Waals surface area contributed by atoms with E-state index in [-0.39, 0.29) is 11.8 Å². The van der Waals surface area contributed by atoms with Gasteiger partial charge in [-0.05, 0) is 24.1 Å². The minimum absolute atomic E-state index is 0.0413. The fourth-order valence-corrected chi connectivity index (χ4v) is 3.44. The number of anilines is 1. The van der Waals surface area contributed by atoms with Crippen molar-refractivity contribution < 1.29 is 14.3 Å². The lowest BCUT2D eigenvalue weighted by molar-refractivity contribution is -0.127. The van der Waals surface area contributed by atoms with Crippen molar-refractivity contribution in [1.29, 1.82) is 0 Å². The maximum atomic E-state index is 13.1. The van der Waals surface area contributed by atoms with E-state index in [1.54, 1.807) is 17.2 Å². The second-order valence-electron chi connectivity index (χ2n) is 7.09. The van der Waals surface area contributed by atoms with Gasteiger partial charge in [0, 0.05) is 31.3 Å². The number of pyridine rings is 1. The standard InChI is InChI=1S/C24H23N3O3/c28-21(26-17-18-9-3-1-4-10-18)14-8-16-27-23-20(13-7-15-25-23)30-22(24(27)29)19-11-5-2-6-12-19/h1-7,9-13,15,22H,8,14,16-17H2,(H,26,28)/t22-/m0/s1. The van der Waals surface area contributed by atoms with Crippen molar-refractivity contribution in [3.63, 3.8) is 0 Å². The number of ether oxygens (including phenoxy) is 1. The van der Waals surface area contributed by atoms with Gasteiger partial charge < -0.3 is 10.1 Å². The Morgan fingerprint density at radius 2 is 1.73 bits per heavy atom. The molecule has 0 fully saturated rings. The van der Waals surface area contributed by atoms with E-state index < -0.39 is 6.10 Å². The first kappa shape index (κ1) is 19.6. The van der Waals surface area contributed by atoms with Gasteiger partial charge in [-0.25, -0.2) is 4.98 Å². The van der Waals surface area contributed by atoms with Crippen LogP contribution in [0.15, 0.2) is 79.0 Å². The highest BCUT2D eigenvalue weighted by molar-refractivity contribution is 5.99. The van der Waals surface area contributed by atoms with Crippen molar-refractivity contribution in [2.45, 2.75) is 25.5 Å². The molecule has 1 aliphatic heterocycles. The zero-order valence-electron chi connectivity index (χ0n) is 16.5. The van der Waals surface area contributed by atoms with Crippen LogP contribution in [0.25, 0.3) is 0 Å². The minimum atomic E-state index is -0.713. The quantitative estimate of drug-likeness (QED) is 0.656. The van der Waals surface area contributed by atoms with Gasteiger partial charge in [0.15, 0.2) is 11.6 Å². The van der Waals surface area contributed by atoms with Gasteiger partial charge >= 0.3 is 0 Å². The molecular formula is C24H23N3O3. The average Bonchev–Trinajstić information content (AvgIpc) is 2.80. The lowest BCUT2D eigenvalue weighted by atomic mass is 10.1. The van der Waals surface area contributed by atoms with Crippen molar-refractivity contribution >= 4 is 17.6 Å². The first-order valence-corrected chi connectivity index (χ1v) is 10.0. The van der Waals surface area contributed by atoms with E-state index in [9.17, 15) is 9.59 Å².